The minimum absolute atomic E-state index is 0.512. The predicted octanol–water partition coefficient (Wildman–Crippen LogP) is 3.12. The van der Waals surface area contributed by atoms with Crippen molar-refractivity contribution < 1.29 is 0 Å². The van der Waals surface area contributed by atoms with Gasteiger partial charge in [-0.25, -0.2) is 15.0 Å². The molecule has 2 unspecified atom stereocenters. The summed E-state index contributed by atoms with van der Waals surface area (Å²) in [4.78, 5) is 20.4. The summed E-state index contributed by atoms with van der Waals surface area (Å²) in [6, 6.07) is 2.52. The lowest BCUT2D eigenvalue weighted by Gasteiger charge is -2.37. The number of imidazole rings is 1. The third-order valence-corrected chi connectivity index (χ3v) is 4.81. The van der Waals surface area contributed by atoms with Gasteiger partial charge in [-0.15, -0.1) is 0 Å². The SMILES string of the molecule is Cc1cn2c(-c3nccc(N4CC(C)CCC4C)n3)cnc2cn1. The Hall–Kier alpha value is -2.50. The molecule has 0 spiro atoms. The monoisotopic (exact) mass is 322 g/mol. The van der Waals surface area contributed by atoms with E-state index >= 15 is 0 Å². The van der Waals surface area contributed by atoms with Gasteiger partial charge in [-0.1, -0.05) is 6.92 Å². The van der Waals surface area contributed by atoms with Crippen molar-refractivity contribution in [2.45, 2.75) is 39.7 Å². The smallest absolute Gasteiger partial charge is 0.180 e. The van der Waals surface area contributed by atoms with Crippen LogP contribution in [0.25, 0.3) is 17.2 Å². The summed E-state index contributed by atoms with van der Waals surface area (Å²) >= 11 is 0. The molecule has 0 bridgehead atoms. The summed E-state index contributed by atoms with van der Waals surface area (Å²) in [5.74, 6) is 2.40. The Kier molecular flexibility index (Phi) is 3.67. The molecule has 1 aliphatic heterocycles. The first-order valence-electron chi connectivity index (χ1n) is 8.51. The zero-order valence-corrected chi connectivity index (χ0v) is 14.3. The van der Waals surface area contributed by atoms with Gasteiger partial charge in [0.1, 0.15) is 11.5 Å². The molecular weight excluding hydrogens is 300 g/mol. The molecule has 1 fully saturated rings. The van der Waals surface area contributed by atoms with E-state index < -0.39 is 0 Å². The third kappa shape index (κ3) is 2.62. The number of piperidine rings is 1. The van der Waals surface area contributed by atoms with Crippen molar-refractivity contribution in [2.24, 2.45) is 5.92 Å². The summed E-state index contributed by atoms with van der Waals surface area (Å²) in [5, 5.41) is 0. The first kappa shape index (κ1) is 15.1. The van der Waals surface area contributed by atoms with Gasteiger partial charge < -0.3 is 4.90 Å². The Morgan fingerprint density at radius 2 is 1.96 bits per heavy atom. The first-order valence-corrected chi connectivity index (χ1v) is 8.51. The summed E-state index contributed by atoms with van der Waals surface area (Å²) in [7, 11) is 0. The lowest BCUT2D eigenvalue weighted by Crippen LogP contribution is -2.41. The molecule has 1 saturated heterocycles. The van der Waals surface area contributed by atoms with Crippen LogP contribution in [0.2, 0.25) is 0 Å². The van der Waals surface area contributed by atoms with Gasteiger partial charge in [0, 0.05) is 25.0 Å². The molecular formula is C18H22N6. The fourth-order valence-corrected chi connectivity index (χ4v) is 3.39. The minimum Gasteiger partial charge on any atom is -0.354 e. The van der Waals surface area contributed by atoms with Gasteiger partial charge in [-0.3, -0.25) is 9.38 Å². The van der Waals surface area contributed by atoms with E-state index in [9.17, 15) is 0 Å². The van der Waals surface area contributed by atoms with Gasteiger partial charge in [0.05, 0.1) is 18.1 Å². The van der Waals surface area contributed by atoms with Crippen LogP contribution in [-0.2, 0) is 0 Å². The highest BCUT2D eigenvalue weighted by molar-refractivity contribution is 5.58. The Labute approximate surface area is 141 Å². The van der Waals surface area contributed by atoms with Crippen molar-refractivity contribution in [1.82, 2.24) is 24.3 Å². The molecule has 24 heavy (non-hydrogen) atoms. The number of hydrogen-bond donors (Lipinski definition) is 0. The summed E-state index contributed by atoms with van der Waals surface area (Å²) < 4.78 is 2.00. The molecule has 124 valence electrons. The van der Waals surface area contributed by atoms with Crippen molar-refractivity contribution >= 4 is 11.5 Å². The van der Waals surface area contributed by atoms with E-state index in [-0.39, 0.29) is 0 Å². The maximum atomic E-state index is 4.84. The topological polar surface area (TPSA) is 59.2 Å². The quantitative estimate of drug-likeness (QED) is 0.725. The van der Waals surface area contributed by atoms with Crippen LogP contribution in [0.4, 0.5) is 5.82 Å². The minimum atomic E-state index is 0.512. The summed E-state index contributed by atoms with van der Waals surface area (Å²) in [5.41, 5.74) is 2.65. The zero-order valence-electron chi connectivity index (χ0n) is 14.3. The maximum Gasteiger partial charge on any atom is 0.180 e. The lowest BCUT2D eigenvalue weighted by atomic mass is 9.95. The molecule has 3 aromatic heterocycles. The standard InChI is InChI=1S/C18H22N6/c1-12-4-5-14(3)23(10-12)16-6-7-19-18(22-16)15-8-21-17-9-20-13(2)11-24(15)17/h6-9,11-12,14H,4-5,10H2,1-3H3. The van der Waals surface area contributed by atoms with Gasteiger partial charge in [0.25, 0.3) is 0 Å². The number of fused-ring (bicyclic) bond motifs is 1. The first-order chi connectivity index (χ1) is 11.6. The Morgan fingerprint density at radius 3 is 2.83 bits per heavy atom. The second kappa shape index (κ2) is 5.85. The largest absolute Gasteiger partial charge is 0.354 e. The highest BCUT2D eigenvalue weighted by Gasteiger charge is 2.24. The number of anilines is 1. The van der Waals surface area contributed by atoms with Crippen LogP contribution in [0, 0.1) is 12.8 Å². The van der Waals surface area contributed by atoms with Crippen LogP contribution < -0.4 is 4.90 Å². The molecule has 0 N–H and O–H groups in total. The fraction of sp³-hybridized carbons (Fsp3) is 0.444. The van der Waals surface area contributed by atoms with Gasteiger partial charge in [0.15, 0.2) is 11.5 Å². The van der Waals surface area contributed by atoms with Crippen LogP contribution >= 0.6 is 0 Å². The van der Waals surface area contributed by atoms with Crippen LogP contribution in [0.1, 0.15) is 32.4 Å². The van der Waals surface area contributed by atoms with Crippen molar-refractivity contribution in [3.05, 3.63) is 36.5 Å². The fourth-order valence-electron chi connectivity index (χ4n) is 3.39. The van der Waals surface area contributed by atoms with E-state index in [0.717, 1.165) is 29.4 Å². The molecule has 0 saturated carbocycles. The molecule has 0 aliphatic carbocycles. The highest BCUT2D eigenvalue weighted by Crippen LogP contribution is 2.27. The van der Waals surface area contributed by atoms with E-state index in [1.807, 2.05) is 36.0 Å². The molecule has 1 aliphatic rings. The van der Waals surface area contributed by atoms with Gasteiger partial charge in [-0.05, 0) is 38.7 Å². The van der Waals surface area contributed by atoms with E-state index in [1.54, 1.807) is 6.20 Å². The van der Waals surface area contributed by atoms with Gasteiger partial charge >= 0.3 is 0 Å². The number of aryl methyl sites for hydroxylation is 1. The average molecular weight is 322 g/mol. The van der Waals surface area contributed by atoms with Crippen molar-refractivity contribution in [3.63, 3.8) is 0 Å². The molecule has 4 heterocycles. The summed E-state index contributed by atoms with van der Waals surface area (Å²) in [6.45, 7) is 7.60. The van der Waals surface area contributed by atoms with E-state index in [1.165, 1.54) is 12.8 Å². The van der Waals surface area contributed by atoms with Crippen LogP contribution in [0.5, 0.6) is 0 Å². The zero-order chi connectivity index (χ0) is 16.7. The van der Waals surface area contributed by atoms with E-state index in [4.69, 9.17) is 4.98 Å². The van der Waals surface area contributed by atoms with Crippen molar-refractivity contribution in [1.29, 1.82) is 0 Å². The molecule has 3 aromatic rings. The van der Waals surface area contributed by atoms with Crippen molar-refractivity contribution in [2.75, 3.05) is 11.4 Å². The van der Waals surface area contributed by atoms with Gasteiger partial charge in [-0.2, -0.15) is 0 Å². The van der Waals surface area contributed by atoms with Crippen LogP contribution in [0.3, 0.4) is 0 Å². The molecule has 6 heteroatoms. The number of aromatic nitrogens is 5. The Bertz CT molecular complexity index is 871. The Balaban J connectivity index is 1.75. The van der Waals surface area contributed by atoms with Gasteiger partial charge in [0.2, 0.25) is 0 Å². The second-order valence-electron chi connectivity index (χ2n) is 6.82. The Morgan fingerprint density at radius 1 is 1.08 bits per heavy atom. The number of nitrogens with zero attached hydrogens (tertiary/aromatic N) is 6. The maximum absolute atomic E-state index is 4.84. The molecule has 0 amide bonds. The van der Waals surface area contributed by atoms with E-state index in [0.29, 0.717) is 17.8 Å². The van der Waals surface area contributed by atoms with Crippen LogP contribution in [0.15, 0.2) is 30.9 Å². The highest BCUT2D eigenvalue weighted by atomic mass is 15.2. The second-order valence-corrected chi connectivity index (χ2v) is 6.82. The number of rotatable bonds is 2. The van der Waals surface area contributed by atoms with E-state index in [2.05, 4.69) is 33.7 Å². The van der Waals surface area contributed by atoms with Crippen LogP contribution in [-0.4, -0.2) is 36.9 Å². The third-order valence-electron chi connectivity index (χ3n) is 4.81. The molecule has 0 radical (unpaired) electrons. The predicted molar refractivity (Wildman–Crippen MR) is 94.0 cm³/mol. The molecule has 4 rings (SSSR count). The molecule has 2 atom stereocenters. The summed E-state index contributed by atoms with van der Waals surface area (Å²) in [6.07, 6.45) is 9.90. The molecule has 6 nitrogen and oxygen atoms in total. The normalized spacial score (nSPS) is 21.4. The lowest BCUT2D eigenvalue weighted by molar-refractivity contribution is 0.388. The molecule has 0 aromatic carbocycles. The average Bonchev–Trinajstić information content (AvgIpc) is 3.00. The number of hydrogen-bond acceptors (Lipinski definition) is 5. The van der Waals surface area contributed by atoms with Crippen molar-refractivity contribution in [3.8, 4) is 11.5 Å².